The predicted octanol–water partition coefficient (Wildman–Crippen LogP) is 5.90. The van der Waals surface area contributed by atoms with E-state index in [1.54, 1.807) is 48.5 Å². The summed E-state index contributed by atoms with van der Waals surface area (Å²) in [4.78, 5) is 24.8. The largest absolute Gasteiger partial charge is 0.423 e. The minimum atomic E-state index is -0.417. The first-order chi connectivity index (χ1) is 14.5. The number of hydrogen-bond donors (Lipinski definition) is 0. The number of carbonyl (C=O) groups is 2. The van der Waals surface area contributed by atoms with Crippen LogP contribution in [0.2, 0.25) is 0 Å². The van der Waals surface area contributed by atoms with E-state index < -0.39 is 11.9 Å². The summed E-state index contributed by atoms with van der Waals surface area (Å²) in [6.07, 6.45) is 0. The Bertz CT molecular complexity index is 1160. The molecule has 0 amide bonds. The highest BCUT2D eigenvalue weighted by Crippen LogP contribution is 2.26. The van der Waals surface area contributed by atoms with Gasteiger partial charge in [0.1, 0.15) is 11.5 Å². The van der Waals surface area contributed by atoms with Gasteiger partial charge in [0, 0.05) is 0 Å². The van der Waals surface area contributed by atoms with E-state index in [1.165, 1.54) is 0 Å². The maximum atomic E-state index is 12.4. The molecule has 0 unspecified atom stereocenters. The van der Waals surface area contributed by atoms with Gasteiger partial charge in [-0.1, -0.05) is 47.5 Å². The van der Waals surface area contributed by atoms with E-state index in [9.17, 15) is 9.59 Å². The van der Waals surface area contributed by atoms with Crippen molar-refractivity contribution < 1.29 is 19.1 Å². The van der Waals surface area contributed by atoms with Gasteiger partial charge in [-0.15, -0.1) is 0 Å². The molecule has 148 valence electrons. The van der Waals surface area contributed by atoms with Gasteiger partial charge in [0.05, 0.1) is 11.1 Å². The van der Waals surface area contributed by atoms with Crippen molar-refractivity contribution in [3.63, 3.8) is 0 Å². The van der Waals surface area contributed by atoms with E-state index in [-0.39, 0.29) is 0 Å². The molecule has 0 spiro atoms. The van der Waals surface area contributed by atoms with Crippen molar-refractivity contribution in [1.29, 1.82) is 0 Å². The van der Waals surface area contributed by atoms with Gasteiger partial charge in [0.25, 0.3) is 0 Å². The first-order valence-electron chi connectivity index (χ1n) is 9.59. The third-order valence-corrected chi connectivity index (χ3v) is 4.71. The molecule has 0 saturated heterocycles. The lowest BCUT2D eigenvalue weighted by Gasteiger charge is -2.08. The highest BCUT2D eigenvalue weighted by Gasteiger charge is 2.11. The van der Waals surface area contributed by atoms with Crippen LogP contribution < -0.4 is 9.47 Å². The lowest BCUT2D eigenvalue weighted by atomic mass is 10.1. The molecule has 0 fully saturated rings. The molecule has 4 aromatic carbocycles. The molecule has 4 aromatic rings. The number of rotatable bonds is 4. The second kappa shape index (κ2) is 8.21. The van der Waals surface area contributed by atoms with Gasteiger partial charge in [-0.2, -0.15) is 0 Å². The molecule has 0 radical (unpaired) electrons. The molecule has 0 saturated carbocycles. The lowest BCUT2D eigenvalue weighted by Crippen LogP contribution is -2.09. The summed E-state index contributed by atoms with van der Waals surface area (Å²) in [7, 11) is 0. The Morgan fingerprint density at radius 3 is 1.47 bits per heavy atom. The van der Waals surface area contributed by atoms with E-state index in [2.05, 4.69) is 0 Å². The normalized spacial score (nSPS) is 10.6. The number of ether oxygens (including phenoxy) is 2. The molecule has 0 aliphatic heterocycles. The fourth-order valence-electron chi connectivity index (χ4n) is 3.21. The van der Waals surface area contributed by atoms with Gasteiger partial charge in [0.15, 0.2) is 0 Å². The molecular weight excluding hydrogens is 376 g/mol. The molecule has 4 nitrogen and oxygen atoms in total. The molecule has 0 aliphatic carbocycles. The minimum absolute atomic E-state index is 0.417. The Labute approximate surface area is 174 Å². The van der Waals surface area contributed by atoms with Gasteiger partial charge < -0.3 is 9.47 Å². The molecule has 0 bridgehead atoms. The molecule has 0 N–H and O–H groups in total. The summed E-state index contributed by atoms with van der Waals surface area (Å²) in [6.45, 7) is 3.85. The summed E-state index contributed by atoms with van der Waals surface area (Å²) in [6, 6.07) is 25.2. The molecule has 4 rings (SSSR count). The van der Waals surface area contributed by atoms with Gasteiger partial charge in [-0.3, -0.25) is 0 Å². The van der Waals surface area contributed by atoms with Crippen LogP contribution in [0, 0.1) is 13.8 Å². The van der Waals surface area contributed by atoms with Crippen LogP contribution >= 0.6 is 0 Å². The van der Waals surface area contributed by atoms with Crippen LogP contribution in [0.1, 0.15) is 31.8 Å². The van der Waals surface area contributed by atoms with Gasteiger partial charge in [-0.25, -0.2) is 9.59 Å². The zero-order valence-corrected chi connectivity index (χ0v) is 16.7. The quantitative estimate of drug-likeness (QED) is 0.319. The number of fused-ring (bicyclic) bond motifs is 1. The predicted molar refractivity (Wildman–Crippen MR) is 116 cm³/mol. The summed E-state index contributed by atoms with van der Waals surface area (Å²) in [5.74, 6) is 0.0208. The van der Waals surface area contributed by atoms with Crippen molar-refractivity contribution in [2.24, 2.45) is 0 Å². The van der Waals surface area contributed by atoms with Gasteiger partial charge >= 0.3 is 11.9 Å². The lowest BCUT2D eigenvalue weighted by molar-refractivity contribution is 0.0726. The maximum Gasteiger partial charge on any atom is 0.343 e. The van der Waals surface area contributed by atoms with Crippen molar-refractivity contribution in [2.75, 3.05) is 0 Å². The number of aryl methyl sites for hydroxylation is 2. The van der Waals surface area contributed by atoms with Crippen LogP contribution in [0.3, 0.4) is 0 Å². The molecule has 0 aliphatic rings. The second-order valence-electron chi connectivity index (χ2n) is 7.19. The summed E-state index contributed by atoms with van der Waals surface area (Å²) >= 11 is 0. The van der Waals surface area contributed by atoms with E-state index in [4.69, 9.17) is 9.47 Å². The molecule has 30 heavy (non-hydrogen) atoms. The monoisotopic (exact) mass is 396 g/mol. The summed E-state index contributed by atoms with van der Waals surface area (Å²) in [5, 5.41) is 1.75. The third kappa shape index (κ3) is 4.39. The van der Waals surface area contributed by atoms with Crippen molar-refractivity contribution in [1.82, 2.24) is 0 Å². The fourth-order valence-corrected chi connectivity index (χ4v) is 3.21. The number of esters is 2. The zero-order valence-electron chi connectivity index (χ0n) is 16.7. The number of carbonyl (C=O) groups excluding carboxylic acids is 2. The topological polar surface area (TPSA) is 52.6 Å². The molecule has 0 heterocycles. The van der Waals surface area contributed by atoms with E-state index in [1.807, 2.05) is 50.2 Å². The number of benzene rings is 4. The van der Waals surface area contributed by atoms with Crippen LogP contribution in [0.4, 0.5) is 0 Å². The standard InChI is InChI=1S/C26H20O4/c1-17-5-3-7-20(13-17)25(27)29-23-11-9-19-10-12-24(16-22(19)15-23)30-26(28)21-8-4-6-18(2)14-21/h3-16H,1-2H3. The Kier molecular flexibility index (Phi) is 5.31. The van der Waals surface area contributed by atoms with Crippen LogP contribution in [-0.2, 0) is 0 Å². The van der Waals surface area contributed by atoms with E-state index in [0.717, 1.165) is 21.9 Å². The van der Waals surface area contributed by atoms with Gasteiger partial charge in [0.2, 0.25) is 0 Å². The minimum Gasteiger partial charge on any atom is -0.423 e. The first-order valence-corrected chi connectivity index (χ1v) is 9.59. The average Bonchev–Trinajstić information content (AvgIpc) is 2.73. The van der Waals surface area contributed by atoms with E-state index >= 15 is 0 Å². The average molecular weight is 396 g/mol. The SMILES string of the molecule is Cc1cccc(C(=O)Oc2ccc3ccc(OC(=O)c4cccc(C)c4)cc3c2)c1. The van der Waals surface area contributed by atoms with Crippen molar-refractivity contribution in [3.05, 3.63) is 107 Å². The number of hydrogen-bond acceptors (Lipinski definition) is 4. The van der Waals surface area contributed by atoms with Crippen molar-refractivity contribution in [2.45, 2.75) is 13.8 Å². The Morgan fingerprint density at radius 2 is 1.03 bits per heavy atom. The second-order valence-corrected chi connectivity index (χ2v) is 7.19. The zero-order chi connectivity index (χ0) is 21.1. The van der Waals surface area contributed by atoms with Crippen LogP contribution in [-0.4, -0.2) is 11.9 Å². The summed E-state index contributed by atoms with van der Waals surface area (Å²) < 4.78 is 11.0. The van der Waals surface area contributed by atoms with Crippen LogP contribution in [0.15, 0.2) is 84.9 Å². The van der Waals surface area contributed by atoms with Crippen molar-refractivity contribution >= 4 is 22.7 Å². The van der Waals surface area contributed by atoms with Crippen LogP contribution in [0.25, 0.3) is 10.8 Å². The first kappa shape index (κ1) is 19.4. The van der Waals surface area contributed by atoms with Gasteiger partial charge in [-0.05, 0) is 73.2 Å². The molecule has 0 atom stereocenters. The third-order valence-electron chi connectivity index (χ3n) is 4.71. The summed E-state index contributed by atoms with van der Waals surface area (Å²) in [5.41, 5.74) is 2.97. The highest BCUT2D eigenvalue weighted by molar-refractivity contribution is 5.94. The molecule has 0 aromatic heterocycles. The highest BCUT2D eigenvalue weighted by atomic mass is 16.5. The van der Waals surface area contributed by atoms with Crippen LogP contribution in [0.5, 0.6) is 11.5 Å². The molecular formula is C26H20O4. The Morgan fingerprint density at radius 1 is 0.567 bits per heavy atom. The van der Waals surface area contributed by atoms with E-state index in [0.29, 0.717) is 22.6 Å². The fraction of sp³-hybridized carbons (Fsp3) is 0.0769. The Hall–Kier alpha value is -3.92. The molecule has 4 heteroatoms. The maximum absolute atomic E-state index is 12.4. The van der Waals surface area contributed by atoms with Crippen molar-refractivity contribution in [3.8, 4) is 11.5 Å². The Balaban J connectivity index is 1.55. The smallest absolute Gasteiger partial charge is 0.343 e.